The van der Waals surface area contributed by atoms with Gasteiger partial charge in [0.15, 0.2) is 5.69 Å². The van der Waals surface area contributed by atoms with E-state index < -0.39 is 0 Å². The fourth-order valence-electron chi connectivity index (χ4n) is 4.05. The molecule has 5 nitrogen and oxygen atoms in total. The number of carbonyl (C=O) groups excluding carboxylic acids is 1. The average molecular weight is 394 g/mol. The molecule has 0 unspecified atom stereocenters. The van der Waals surface area contributed by atoms with E-state index in [1.165, 1.54) is 11.1 Å². The molecule has 0 fully saturated rings. The number of halogens is 1. The quantitative estimate of drug-likeness (QED) is 0.724. The number of aryl methyl sites for hydroxylation is 1. The first kappa shape index (κ1) is 17.5. The normalized spacial score (nSPS) is 20.5. The molecule has 5 rings (SSSR count). The van der Waals surface area contributed by atoms with Crippen LogP contribution in [-0.4, -0.2) is 15.7 Å². The van der Waals surface area contributed by atoms with E-state index in [0.717, 1.165) is 24.1 Å². The number of hydrogen-bond donors (Lipinski definition) is 1. The summed E-state index contributed by atoms with van der Waals surface area (Å²) in [5.41, 5.74) is 4.95. The molecule has 1 amide bonds. The number of nitrogens with zero attached hydrogens (tertiary/aromatic N) is 2. The lowest BCUT2D eigenvalue weighted by Gasteiger charge is -2.24. The van der Waals surface area contributed by atoms with E-state index in [9.17, 15) is 4.79 Å². The van der Waals surface area contributed by atoms with Crippen molar-refractivity contribution in [3.05, 3.63) is 87.7 Å². The molecule has 142 valence electrons. The summed E-state index contributed by atoms with van der Waals surface area (Å²) in [7, 11) is 0. The van der Waals surface area contributed by atoms with Crippen molar-refractivity contribution in [2.45, 2.75) is 38.1 Å². The minimum Gasteiger partial charge on any atom is -0.365 e. The van der Waals surface area contributed by atoms with Gasteiger partial charge < -0.3 is 10.1 Å². The van der Waals surface area contributed by atoms with Gasteiger partial charge in [-0.1, -0.05) is 48.0 Å². The molecule has 0 spiro atoms. The monoisotopic (exact) mass is 393 g/mol. The number of carbonyl (C=O) groups is 1. The first-order valence-electron chi connectivity index (χ1n) is 9.50. The lowest BCUT2D eigenvalue weighted by atomic mass is 10.1. The van der Waals surface area contributed by atoms with Gasteiger partial charge in [0.2, 0.25) is 0 Å². The van der Waals surface area contributed by atoms with Gasteiger partial charge in [-0.05, 0) is 47.7 Å². The van der Waals surface area contributed by atoms with E-state index >= 15 is 0 Å². The molecule has 0 saturated heterocycles. The highest BCUT2D eigenvalue weighted by Gasteiger charge is 2.27. The lowest BCUT2D eigenvalue weighted by Crippen LogP contribution is -2.27. The predicted molar refractivity (Wildman–Crippen MR) is 106 cm³/mol. The number of benzene rings is 2. The Balaban J connectivity index is 1.31. The van der Waals surface area contributed by atoms with Crippen LogP contribution in [0, 0.1) is 0 Å². The lowest BCUT2D eigenvalue weighted by molar-refractivity contribution is -0.00119. The molecule has 3 aromatic rings. The Morgan fingerprint density at radius 2 is 2.00 bits per heavy atom. The highest BCUT2D eigenvalue weighted by Crippen LogP contribution is 2.31. The van der Waals surface area contributed by atoms with E-state index in [1.54, 1.807) is 0 Å². The smallest absolute Gasteiger partial charge is 0.272 e. The van der Waals surface area contributed by atoms with Crippen LogP contribution in [-0.2, 0) is 24.3 Å². The number of rotatable bonds is 3. The topological polar surface area (TPSA) is 56.2 Å². The van der Waals surface area contributed by atoms with Gasteiger partial charge in [-0.25, -0.2) is 0 Å². The number of ether oxygens (including phenoxy) is 1. The van der Waals surface area contributed by atoms with Crippen molar-refractivity contribution in [2.24, 2.45) is 0 Å². The maximum Gasteiger partial charge on any atom is 0.272 e. The standard InChI is InChI=1S/C22H20ClN3O2/c23-16-8-5-15(6-9-16)21-12-26-17(13-28-21)11-20(25-26)22(27)24-19-10-7-14-3-1-2-4-18(14)19/h1-6,8-9,11,19,21H,7,10,12-13H2,(H,24,27)/t19-,21-/m0/s1. The fraction of sp³-hybridized carbons (Fsp3) is 0.273. The van der Waals surface area contributed by atoms with E-state index in [0.29, 0.717) is 23.9 Å². The minimum atomic E-state index is -0.133. The number of hydrogen-bond acceptors (Lipinski definition) is 3. The zero-order valence-electron chi connectivity index (χ0n) is 15.3. The summed E-state index contributed by atoms with van der Waals surface area (Å²) in [6.45, 7) is 1.01. The fourth-order valence-corrected chi connectivity index (χ4v) is 4.18. The maximum atomic E-state index is 12.8. The van der Waals surface area contributed by atoms with Crippen molar-refractivity contribution in [1.29, 1.82) is 0 Å². The molecule has 2 aromatic carbocycles. The van der Waals surface area contributed by atoms with Crippen molar-refractivity contribution >= 4 is 17.5 Å². The van der Waals surface area contributed by atoms with E-state index in [1.807, 2.05) is 47.1 Å². The van der Waals surface area contributed by atoms with Gasteiger partial charge in [-0.3, -0.25) is 9.48 Å². The second kappa shape index (κ2) is 7.08. The van der Waals surface area contributed by atoms with Crippen LogP contribution in [0.2, 0.25) is 5.02 Å². The SMILES string of the molecule is O=C(N[C@H]1CCc2ccccc21)c1cc2n(n1)C[C@@H](c1ccc(Cl)cc1)OC2. The summed E-state index contributed by atoms with van der Waals surface area (Å²) in [5.74, 6) is -0.133. The predicted octanol–water partition coefficient (Wildman–Crippen LogP) is 4.23. The molecule has 1 aromatic heterocycles. The highest BCUT2D eigenvalue weighted by molar-refractivity contribution is 6.30. The Hall–Kier alpha value is -2.63. The molecule has 2 aliphatic rings. The van der Waals surface area contributed by atoms with E-state index in [4.69, 9.17) is 16.3 Å². The third kappa shape index (κ3) is 3.21. The maximum absolute atomic E-state index is 12.8. The highest BCUT2D eigenvalue weighted by atomic mass is 35.5. The summed E-state index contributed by atoms with van der Waals surface area (Å²) in [6.07, 6.45) is 1.83. The van der Waals surface area contributed by atoms with Gasteiger partial charge >= 0.3 is 0 Å². The summed E-state index contributed by atoms with van der Waals surface area (Å²) in [4.78, 5) is 12.8. The Kier molecular flexibility index (Phi) is 4.41. The Morgan fingerprint density at radius 3 is 2.86 bits per heavy atom. The third-order valence-electron chi connectivity index (χ3n) is 5.55. The molecule has 0 saturated carbocycles. The van der Waals surface area contributed by atoms with Gasteiger partial charge in [0, 0.05) is 5.02 Å². The molecular weight excluding hydrogens is 374 g/mol. The Morgan fingerprint density at radius 1 is 1.18 bits per heavy atom. The van der Waals surface area contributed by atoms with Crippen molar-refractivity contribution in [3.8, 4) is 0 Å². The van der Waals surface area contributed by atoms with Crippen molar-refractivity contribution in [2.75, 3.05) is 0 Å². The minimum absolute atomic E-state index is 0.0560. The van der Waals surface area contributed by atoms with Crippen LogP contribution in [0.4, 0.5) is 0 Å². The van der Waals surface area contributed by atoms with Crippen LogP contribution >= 0.6 is 11.6 Å². The van der Waals surface area contributed by atoms with Crippen LogP contribution in [0.15, 0.2) is 54.6 Å². The molecule has 1 aliphatic carbocycles. The summed E-state index contributed by atoms with van der Waals surface area (Å²) >= 11 is 5.97. The average Bonchev–Trinajstić information content (AvgIpc) is 3.32. The number of amides is 1. The summed E-state index contributed by atoms with van der Waals surface area (Å²) in [6, 6.07) is 17.8. The molecule has 1 aliphatic heterocycles. The molecular formula is C22H20ClN3O2. The van der Waals surface area contributed by atoms with E-state index in [2.05, 4.69) is 22.5 Å². The van der Waals surface area contributed by atoms with Crippen molar-refractivity contribution in [3.63, 3.8) is 0 Å². The van der Waals surface area contributed by atoms with Gasteiger partial charge in [-0.15, -0.1) is 0 Å². The summed E-state index contributed by atoms with van der Waals surface area (Å²) < 4.78 is 7.84. The third-order valence-corrected chi connectivity index (χ3v) is 5.80. The number of aromatic nitrogens is 2. The van der Waals surface area contributed by atoms with Crippen molar-refractivity contribution < 1.29 is 9.53 Å². The molecule has 0 radical (unpaired) electrons. The molecule has 2 atom stereocenters. The van der Waals surface area contributed by atoms with Crippen LogP contribution in [0.25, 0.3) is 0 Å². The number of nitrogens with one attached hydrogen (secondary N) is 1. The first-order valence-corrected chi connectivity index (χ1v) is 9.87. The van der Waals surface area contributed by atoms with Crippen LogP contribution in [0.3, 0.4) is 0 Å². The van der Waals surface area contributed by atoms with E-state index in [-0.39, 0.29) is 18.1 Å². The Bertz CT molecular complexity index is 1030. The van der Waals surface area contributed by atoms with Crippen LogP contribution in [0.5, 0.6) is 0 Å². The van der Waals surface area contributed by atoms with Crippen LogP contribution < -0.4 is 5.32 Å². The molecule has 2 heterocycles. The van der Waals surface area contributed by atoms with Gasteiger partial charge in [0.25, 0.3) is 5.91 Å². The van der Waals surface area contributed by atoms with Gasteiger partial charge in [-0.2, -0.15) is 5.10 Å². The largest absolute Gasteiger partial charge is 0.365 e. The zero-order valence-corrected chi connectivity index (χ0v) is 16.0. The van der Waals surface area contributed by atoms with Crippen LogP contribution in [0.1, 0.15) is 51.4 Å². The first-order chi connectivity index (χ1) is 13.7. The van der Waals surface area contributed by atoms with Crippen molar-refractivity contribution in [1.82, 2.24) is 15.1 Å². The zero-order chi connectivity index (χ0) is 19.1. The second-order valence-electron chi connectivity index (χ2n) is 7.32. The molecule has 28 heavy (non-hydrogen) atoms. The van der Waals surface area contributed by atoms with Gasteiger partial charge in [0.1, 0.15) is 6.10 Å². The van der Waals surface area contributed by atoms with Gasteiger partial charge in [0.05, 0.1) is 24.9 Å². The second-order valence-corrected chi connectivity index (χ2v) is 7.75. The summed E-state index contributed by atoms with van der Waals surface area (Å²) in [5, 5.41) is 8.38. The molecule has 0 bridgehead atoms. The molecule has 6 heteroatoms. The number of fused-ring (bicyclic) bond motifs is 2. The Labute approximate surface area is 168 Å². The molecule has 1 N–H and O–H groups in total.